The van der Waals surface area contributed by atoms with Gasteiger partial charge in [0.2, 0.25) is 0 Å². The van der Waals surface area contributed by atoms with Gasteiger partial charge in [-0.15, -0.1) is 6.58 Å². The van der Waals surface area contributed by atoms with E-state index in [1.807, 2.05) is 20.8 Å². The van der Waals surface area contributed by atoms with E-state index in [0.717, 1.165) is 6.42 Å². The van der Waals surface area contributed by atoms with Crippen molar-refractivity contribution in [2.75, 3.05) is 13.1 Å². The van der Waals surface area contributed by atoms with Gasteiger partial charge < -0.3 is 14.9 Å². The van der Waals surface area contributed by atoms with E-state index in [4.69, 9.17) is 0 Å². The molecule has 0 aliphatic carbocycles. The number of carbonyl (C=O) groups excluding carboxylic acids is 1. The number of urea groups is 1. The monoisotopic (exact) mass is 254 g/mol. The summed E-state index contributed by atoms with van der Waals surface area (Å²) in [6, 6.07) is -0.883. The highest BCUT2D eigenvalue weighted by Gasteiger charge is 2.41. The van der Waals surface area contributed by atoms with Crippen LogP contribution >= 0.6 is 0 Å². The summed E-state index contributed by atoms with van der Waals surface area (Å²) in [6.45, 7) is 10.3. The Morgan fingerprint density at radius 3 is 2.61 bits per heavy atom. The van der Waals surface area contributed by atoms with Crippen molar-refractivity contribution in [3.05, 3.63) is 12.7 Å². The van der Waals surface area contributed by atoms with Gasteiger partial charge in [-0.25, -0.2) is 9.59 Å². The van der Waals surface area contributed by atoms with Gasteiger partial charge in [0.1, 0.15) is 6.04 Å². The van der Waals surface area contributed by atoms with Gasteiger partial charge in [-0.2, -0.15) is 0 Å². The molecule has 5 heteroatoms. The Morgan fingerprint density at radius 2 is 2.17 bits per heavy atom. The van der Waals surface area contributed by atoms with Gasteiger partial charge in [-0.3, -0.25) is 0 Å². The summed E-state index contributed by atoms with van der Waals surface area (Å²) in [7, 11) is 0. The quantitative estimate of drug-likeness (QED) is 0.778. The SMILES string of the molecule is C=CCN(C(=O)N1CCC(C)C1C(=O)O)C(C)C. The first-order chi connectivity index (χ1) is 8.40. The standard InChI is InChI=1S/C13H22N2O3/c1-5-7-14(9(2)3)13(18)15-8-6-10(4)11(15)12(16)17/h5,9-11H,1,6-8H2,2-4H3,(H,16,17). The summed E-state index contributed by atoms with van der Waals surface area (Å²) >= 11 is 0. The van der Waals surface area contributed by atoms with Crippen molar-refractivity contribution < 1.29 is 14.7 Å². The second-order valence-corrected chi connectivity index (χ2v) is 5.06. The van der Waals surface area contributed by atoms with Crippen LogP contribution in [0.1, 0.15) is 27.2 Å². The van der Waals surface area contributed by atoms with Crippen LogP contribution < -0.4 is 0 Å². The predicted octanol–water partition coefficient (Wildman–Crippen LogP) is 1.80. The molecule has 18 heavy (non-hydrogen) atoms. The minimum Gasteiger partial charge on any atom is -0.480 e. The van der Waals surface area contributed by atoms with Crippen LogP contribution in [0.2, 0.25) is 0 Å². The van der Waals surface area contributed by atoms with E-state index in [-0.39, 0.29) is 18.0 Å². The Bertz CT molecular complexity index is 341. The molecular weight excluding hydrogens is 232 g/mol. The molecule has 2 atom stereocenters. The smallest absolute Gasteiger partial charge is 0.326 e. The number of carboxylic acid groups (broad SMARTS) is 1. The Labute approximate surface area is 108 Å². The Kier molecular flexibility index (Phi) is 4.76. The van der Waals surface area contributed by atoms with E-state index in [0.29, 0.717) is 13.1 Å². The first-order valence-corrected chi connectivity index (χ1v) is 6.31. The van der Waals surface area contributed by atoms with E-state index in [9.17, 15) is 14.7 Å². The molecule has 1 saturated heterocycles. The molecule has 0 radical (unpaired) electrons. The Hall–Kier alpha value is -1.52. The third-order valence-electron chi connectivity index (χ3n) is 3.39. The minimum absolute atomic E-state index is 0.00388. The third-order valence-corrected chi connectivity index (χ3v) is 3.39. The molecule has 1 fully saturated rings. The molecule has 2 amide bonds. The fourth-order valence-electron chi connectivity index (χ4n) is 2.35. The average molecular weight is 254 g/mol. The van der Waals surface area contributed by atoms with Crippen LogP contribution in [0, 0.1) is 5.92 Å². The first kappa shape index (κ1) is 14.5. The maximum absolute atomic E-state index is 12.4. The zero-order valence-corrected chi connectivity index (χ0v) is 11.3. The number of likely N-dealkylation sites (tertiary alicyclic amines) is 1. The van der Waals surface area contributed by atoms with Crippen molar-refractivity contribution in [3.63, 3.8) is 0 Å². The summed E-state index contributed by atoms with van der Waals surface area (Å²) in [4.78, 5) is 26.7. The number of hydrogen-bond acceptors (Lipinski definition) is 2. The molecule has 0 aromatic carbocycles. The van der Waals surface area contributed by atoms with Crippen molar-refractivity contribution >= 4 is 12.0 Å². The predicted molar refractivity (Wildman–Crippen MR) is 69.3 cm³/mol. The molecule has 102 valence electrons. The van der Waals surface area contributed by atoms with Gasteiger partial charge in [-0.05, 0) is 26.2 Å². The largest absolute Gasteiger partial charge is 0.480 e. The van der Waals surface area contributed by atoms with Crippen LogP contribution in [0.15, 0.2) is 12.7 Å². The molecule has 0 saturated carbocycles. The molecule has 0 aromatic rings. The van der Waals surface area contributed by atoms with Crippen LogP contribution in [-0.2, 0) is 4.79 Å². The molecule has 1 heterocycles. The summed E-state index contributed by atoms with van der Waals surface area (Å²) in [6.07, 6.45) is 2.40. The maximum atomic E-state index is 12.4. The van der Waals surface area contributed by atoms with Gasteiger partial charge in [0, 0.05) is 19.1 Å². The van der Waals surface area contributed by atoms with Gasteiger partial charge >= 0.3 is 12.0 Å². The van der Waals surface area contributed by atoms with Gasteiger partial charge in [0.05, 0.1) is 0 Å². The number of aliphatic carboxylic acids is 1. The Morgan fingerprint density at radius 1 is 1.56 bits per heavy atom. The molecule has 0 aromatic heterocycles. The van der Waals surface area contributed by atoms with Gasteiger partial charge in [0.25, 0.3) is 0 Å². The zero-order valence-electron chi connectivity index (χ0n) is 11.3. The lowest BCUT2D eigenvalue weighted by Crippen LogP contribution is -2.51. The maximum Gasteiger partial charge on any atom is 0.326 e. The number of rotatable bonds is 4. The number of amides is 2. The second-order valence-electron chi connectivity index (χ2n) is 5.06. The number of carbonyl (C=O) groups is 2. The van der Waals surface area contributed by atoms with Crippen LogP contribution in [0.3, 0.4) is 0 Å². The van der Waals surface area contributed by atoms with Crippen LogP contribution in [-0.4, -0.2) is 52.1 Å². The molecule has 1 N–H and O–H groups in total. The summed E-state index contributed by atoms with van der Waals surface area (Å²) < 4.78 is 0. The molecule has 1 rings (SSSR count). The van der Waals surface area contributed by atoms with E-state index >= 15 is 0 Å². The normalized spacial score (nSPS) is 23.2. The highest BCUT2D eigenvalue weighted by Crippen LogP contribution is 2.25. The van der Waals surface area contributed by atoms with E-state index < -0.39 is 12.0 Å². The number of nitrogens with zero attached hydrogens (tertiary/aromatic N) is 2. The highest BCUT2D eigenvalue weighted by atomic mass is 16.4. The van der Waals surface area contributed by atoms with Crippen LogP contribution in [0.25, 0.3) is 0 Å². The fraction of sp³-hybridized carbons (Fsp3) is 0.692. The summed E-state index contributed by atoms with van der Waals surface area (Å²) in [5.74, 6) is -0.917. The molecule has 1 aliphatic rings. The second kappa shape index (κ2) is 5.89. The molecule has 0 spiro atoms. The Balaban J connectivity index is 2.87. The fourth-order valence-corrected chi connectivity index (χ4v) is 2.35. The number of hydrogen-bond donors (Lipinski definition) is 1. The van der Waals surface area contributed by atoms with E-state index in [1.54, 1.807) is 11.0 Å². The zero-order chi connectivity index (χ0) is 13.9. The average Bonchev–Trinajstić information content (AvgIpc) is 2.66. The number of carboxylic acids is 1. The molecule has 0 bridgehead atoms. The molecule has 5 nitrogen and oxygen atoms in total. The van der Waals surface area contributed by atoms with Gasteiger partial charge in [0.15, 0.2) is 0 Å². The summed E-state index contributed by atoms with van der Waals surface area (Å²) in [5.41, 5.74) is 0. The third kappa shape index (κ3) is 2.83. The summed E-state index contributed by atoms with van der Waals surface area (Å²) in [5, 5.41) is 9.22. The lowest BCUT2D eigenvalue weighted by Gasteiger charge is -2.32. The lowest BCUT2D eigenvalue weighted by molar-refractivity contribution is -0.142. The minimum atomic E-state index is -0.921. The van der Waals surface area contributed by atoms with Crippen molar-refractivity contribution in [1.82, 2.24) is 9.80 Å². The van der Waals surface area contributed by atoms with Crippen LogP contribution in [0.4, 0.5) is 4.79 Å². The topological polar surface area (TPSA) is 60.9 Å². The highest BCUT2D eigenvalue weighted by molar-refractivity contribution is 5.83. The van der Waals surface area contributed by atoms with Crippen molar-refractivity contribution in [3.8, 4) is 0 Å². The van der Waals surface area contributed by atoms with E-state index in [1.165, 1.54) is 4.90 Å². The van der Waals surface area contributed by atoms with Crippen molar-refractivity contribution in [1.29, 1.82) is 0 Å². The molecule has 2 unspecified atom stereocenters. The lowest BCUT2D eigenvalue weighted by atomic mass is 10.0. The van der Waals surface area contributed by atoms with Crippen molar-refractivity contribution in [2.24, 2.45) is 5.92 Å². The van der Waals surface area contributed by atoms with E-state index in [2.05, 4.69) is 6.58 Å². The van der Waals surface area contributed by atoms with Crippen LogP contribution in [0.5, 0.6) is 0 Å². The molecule has 1 aliphatic heterocycles. The van der Waals surface area contributed by atoms with Gasteiger partial charge in [-0.1, -0.05) is 13.0 Å². The molecular formula is C13H22N2O3. The first-order valence-electron chi connectivity index (χ1n) is 6.31. The van der Waals surface area contributed by atoms with Crippen molar-refractivity contribution in [2.45, 2.75) is 39.3 Å².